The Morgan fingerprint density at radius 2 is 1.25 bits per heavy atom. The van der Waals surface area contributed by atoms with Gasteiger partial charge < -0.3 is 0 Å². The standard InChI is InChI=1S/2ClH.Cu.Se/h2*1H;;/q;;+2;/p-2. The van der Waals surface area contributed by atoms with Crippen molar-refractivity contribution < 1.29 is 13.1 Å². The van der Waals surface area contributed by atoms with Gasteiger partial charge in [-0.3, -0.25) is 0 Å². The summed E-state index contributed by atoms with van der Waals surface area (Å²) in [5.41, 5.74) is 0. The molecule has 0 aromatic heterocycles. The Bertz CT molecular complexity index is 6.00. The summed E-state index contributed by atoms with van der Waals surface area (Å²) in [6.07, 6.45) is 0. The minimum Gasteiger partial charge on any atom is 0 e. The van der Waals surface area contributed by atoms with Crippen molar-refractivity contribution in [2.24, 2.45) is 0 Å². The third-order valence-corrected chi connectivity index (χ3v) is 0. The summed E-state index contributed by atoms with van der Waals surface area (Å²) in [4.78, 5) is 0. The second-order valence-electron chi connectivity index (χ2n) is 0.0431. The minimum atomic E-state index is 0. The van der Waals surface area contributed by atoms with Crippen LogP contribution in [0.1, 0.15) is 0 Å². The first-order chi connectivity index (χ1) is 1.41. The molecule has 0 rings (SSSR count). The van der Waals surface area contributed by atoms with E-state index in [2.05, 4.69) is 20.2 Å². The molecule has 0 fully saturated rings. The molecule has 4 heavy (non-hydrogen) atoms. The van der Waals surface area contributed by atoms with E-state index in [1.165, 1.54) is 0 Å². The van der Waals surface area contributed by atoms with Crippen LogP contribution in [0.25, 0.3) is 0 Å². The second kappa shape index (κ2) is 8.82. The third-order valence-electron chi connectivity index (χ3n) is 0. The molecule has 0 atom stereocenters. The van der Waals surface area contributed by atoms with Gasteiger partial charge in [0.25, 0.3) is 0 Å². The van der Waals surface area contributed by atoms with Crippen molar-refractivity contribution in [3.05, 3.63) is 0 Å². The molecular weight excluding hydrogens is 213 g/mol. The fourth-order valence-corrected chi connectivity index (χ4v) is 0. The molecule has 0 aromatic carbocycles. The molecule has 0 amide bonds. The zero-order valence-corrected chi connectivity index (χ0v) is 5.63. The van der Waals surface area contributed by atoms with Crippen LogP contribution in [-0.4, -0.2) is 17.1 Å². The zero-order chi connectivity index (χ0) is 2.71. The smallest absolute Gasteiger partial charge is 0 e. The Balaban J connectivity index is 0. The van der Waals surface area contributed by atoms with E-state index < -0.39 is 0 Å². The van der Waals surface area contributed by atoms with Crippen LogP contribution in [0.15, 0.2) is 0 Å². The number of halogens is 2. The van der Waals surface area contributed by atoms with Gasteiger partial charge in [0.05, 0.1) is 0 Å². The molecule has 0 unspecified atom stereocenters. The molecule has 4 heteroatoms. The van der Waals surface area contributed by atoms with Gasteiger partial charge >= 0.3 is 33.3 Å². The van der Waals surface area contributed by atoms with Crippen LogP contribution in [-0.2, 0) is 13.1 Å². The van der Waals surface area contributed by atoms with Crippen molar-refractivity contribution in [3.8, 4) is 0 Å². The molecule has 0 nitrogen and oxygen atoms in total. The Labute approximate surface area is 50.3 Å². The predicted octanol–water partition coefficient (Wildman–Crippen LogP) is 0.996. The van der Waals surface area contributed by atoms with Gasteiger partial charge in [-0.1, -0.05) is 0 Å². The van der Waals surface area contributed by atoms with Crippen molar-refractivity contribution in [2.75, 3.05) is 0 Å². The molecule has 2 radical (unpaired) electrons. The van der Waals surface area contributed by atoms with Gasteiger partial charge in [-0.15, -0.1) is 0 Å². The molecular formula is Cl2CuSe. The molecule has 0 saturated heterocycles. The van der Waals surface area contributed by atoms with Crippen molar-refractivity contribution in [3.63, 3.8) is 0 Å². The SMILES string of the molecule is [Cl][Cu][Cl].[Se]. The number of hydrogen-bond donors (Lipinski definition) is 0. The van der Waals surface area contributed by atoms with E-state index in [0.717, 1.165) is 13.1 Å². The van der Waals surface area contributed by atoms with Gasteiger partial charge in [-0.2, -0.15) is 0 Å². The summed E-state index contributed by atoms with van der Waals surface area (Å²) in [5.74, 6) is 0. The molecule has 0 aliphatic carbocycles. The number of hydrogen-bond acceptors (Lipinski definition) is 0. The van der Waals surface area contributed by atoms with Gasteiger partial charge in [-0.05, 0) is 0 Å². The molecule has 0 N–H and O–H groups in total. The van der Waals surface area contributed by atoms with Crippen molar-refractivity contribution in [2.45, 2.75) is 0 Å². The fourth-order valence-electron chi connectivity index (χ4n) is 0. The van der Waals surface area contributed by atoms with E-state index in [0.29, 0.717) is 0 Å². The van der Waals surface area contributed by atoms with E-state index in [1.807, 2.05) is 0 Å². The third kappa shape index (κ3) is 9.47. The van der Waals surface area contributed by atoms with Gasteiger partial charge in [0.2, 0.25) is 0 Å². The molecule has 0 bridgehead atoms. The molecule has 0 aromatic rings. The maximum Gasteiger partial charge on any atom is 0 e. The summed E-state index contributed by atoms with van der Waals surface area (Å²) in [7, 11) is 9.34. The average molecular weight is 213 g/mol. The van der Waals surface area contributed by atoms with Gasteiger partial charge in [0, 0.05) is 17.1 Å². The van der Waals surface area contributed by atoms with Crippen LogP contribution in [0, 0.1) is 0 Å². The Kier molecular flexibility index (Phi) is 20.2. The van der Waals surface area contributed by atoms with E-state index in [1.54, 1.807) is 0 Å². The summed E-state index contributed by atoms with van der Waals surface area (Å²) in [6, 6.07) is 0. The Morgan fingerprint density at radius 1 is 1.25 bits per heavy atom. The first kappa shape index (κ1) is 9.15. The largest absolute Gasteiger partial charge is 0 e. The summed E-state index contributed by atoms with van der Waals surface area (Å²) in [5, 5.41) is 0. The van der Waals surface area contributed by atoms with Crippen LogP contribution in [0.3, 0.4) is 0 Å². The van der Waals surface area contributed by atoms with Gasteiger partial charge in [-0.25, -0.2) is 0 Å². The van der Waals surface area contributed by atoms with Crippen molar-refractivity contribution >= 4 is 37.3 Å². The van der Waals surface area contributed by atoms with E-state index in [-0.39, 0.29) is 17.1 Å². The topological polar surface area (TPSA) is 0 Å². The molecule has 0 aliphatic heterocycles. The van der Waals surface area contributed by atoms with E-state index >= 15 is 0 Å². The number of rotatable bonds is 0. The minimum absolute atomic E-state index is 0. The maximum absolute atomic E-state index is 4.67. The van der Waals surface area contributed by atoms with Crippen LogP contribution in [0.5, 0.6) is 0 Å². The van der Waals surface area contributed by atoms with Gasteiger partial charge in [0.15, 0.2) is 0 Å². The zero-order valence-electron chi connectivity index (χ0n) is 1.47. The van der Waals surface area contributed by atoms with Crippen LogP contribution >= 0.6 is 20.2 Å². The maximum atomic E-state index is 4.67. The average Bonchev–Trinajstić information content (AvgIpc) is 0.918. The van der Waals surface area contributed by atoms with Crippen LogP contribution in [0.2, 0.25) is 0 Å². The Morgan fingerprint density at radius 3 is 1.25 bits per heavy atom. The normalized spacial score (nSPS) is 5.50. The second-order valence-corrected chi connectivity index (χ2v) is 1.60. The Hall–Kier alpha value is 1.62. The van der Waals surface area contributed by atoms with Crippen LogP contribution in [0.4, 0.5) is 0 Å². The van der Waals surface area contributed by atoms with Gasteiger partial charge in [0.1, 0.15) is 0 Å². The first-order valence-corrected chi connectivity index (χ1v) is 2.82. The molecule has 0 aliphatic rings. The molecule has 0 heterocycles. The summed E-state index contributed by atoms with van der Waals surface area (Å²) < 4.78 is 0. The molecule has 0 spiro atoms. The van der Waals surface area contributed by atoms with E-state index in [4.69, 9.17) is 0 Å². The first-order valence-electron chi connectivity index (χ1n) is 0.228. The fraction of sp³-hybridized carbons (Fsp3) is 0. The monoisotopic (exact) mass is 213 g/mol. The molecule has 31 valence electrons. The summed E-state index contributed by atoms with van der Waals surface area (Å²) >= 11 is 0.757. The molecule has 0 saturated carbocycles. The quantitative estimate of drug-likeness (QED) is 0.527. The summed E-state index contributed by atoms with van der Waals surface area (Å²) in [6.45, 7) is 0. The van der Waals surface area contributed by atoms with Crippen LogP contribution < -0.4 is 0 Å². The van der Waals surface area contributed by atoms with Crippen molar-refractivity contribution in [1.82, 2.24) is 0 Å². The van der Waals surface area contributed by atoms with E-state index in [9.17, 15) is 0 Å². The van der Waals surface area contributed by atoms with Crippen molar-refractivity contribution in [1.29, 1.82) is 0 Å². The predicted molar refractivity (Wildman–Crippen MR) is 17.5 cm³/mol.